The zero-order valence-electron chi connectivity index (χ0n) is 14.7. The van der Waals surface area contributed by atoms with E-state index >= 15 is 0 Å². The van der Waals surface area contributed by atoms with E-state index < -0.39 is 33.6 Å². The van der Waals surface area contributed by atoms with Crippen molar-refractivity contribution in [1.29, 1.82) is 0 Å². The molecule has 9 heteroatoms. The SMILES string of the molecule is O=C(NCCNS(=O)(=O)c1ccccc1)C1CC1c1ccccc1C(F)(F)F. The summed E-state index contributed by atoms with van der Waals surface area (Å²) in [6, 6.07) is 13.1. The molecule has 5 nitrogen and oxygen atoms in total. The highest BCUT2D eigenvalue weighted by atomic mass is 32.2. The van der Waals surface area contributed by atoms with Gasteiger partial charge in [-0.2, -0.15) is 13.2 Å². The molecule has 0 aliphatic heterocycles. The van der Waals surface area contributed by atoms with Gasteiger partial charge < -0.3 is 5.32 Å². The molecule has 2 aromatic carbocycles. The van der Waals surface area contributed by atoms with Crippen molar-refractivity contribution >= 4 is 15.9 Å². The van der Waals surface area contributed by atoms with Crippen molar-refractivity contribution in [3.05, 3.63) is 65.7 Å². The van der Waals surface area contributed by atoms with Crippen LogP contribution in [-0.4, -0.2) is 27.4 Å². The normalized spacial score (nSPS) is 19.2. The van der Waals surface area contributed by atoms with Crippen LogP contribution in [0.4, 0.5) is 13.2 Å². The molecule has 1 aliphatic rings. The van der Waals surface area contributed by atoms with Crippen LogP contribution in [-0.2, 0) is 21.0 Å². The number of hydrogen-bond acceptors (Lipinski definition) is 3. The van der Waals surface area contributed by atoms with E-state index in [1.54, 1.807) is 18.2 Å². The third-order valence-electron chi connectivity index (χ3n) is 4.56. The van der Waals surface area contributed by atoms with Crippen LogP contribution in [0.3, 0.4) is 0 Å². The van der Waals surface area contributed by atoms with Crippen LogP contribution in [0.2, 0.25) is 0 Å². The van der Waals surface area contributed by atoms with Gasteiger partial charge >= 0.3 is 6.18 Å². The van der Waals surface area contributed by atoms with E-state index in [-0.39, 0.29) is 29.5 Å². The Morgan fingerprint density at radius 3 is 2.32 bits per heavy atom. The van der Waals surface area contributed by atoms with E-state index in [0.717, 1.165) is 6.07 Å². The second-order valence-corrected chi connectivity index (χ2v) is 8.30. The predicted molar refractivity (Wildman–Crippen MR) is 96.9 cm³/mol. The summed E-state index contributed by atoms with van der Waals surface area (Å²) in [5.41, 5.74) is -0.592. The van der Waals surface area contributed by atoms with Gasteiger partial charge in [0.15, 0.2) is 0 Å². The first-order valence-electron chi connectivity index (χ1n) is 8.68. The number of hydrogen-bond donors (Lipinski definition) is 2. The molecule has 0 radical (unpaired) electrons. The van der Waals surface area contributed by atoms with Crippen molar-refractivity contribution in [2.75, 3.05) is 13.1 Å². The van der Waals surface area contributed by atoms with Crippen molar-refractivity contribution in [2.45, 2.75) is 23.4 Å². The van der Waals surface area contributed by atoms with Gasteiger partial charge in [-0.3, -0.25) is 4.79 Å². The number of halogens is 3. The lowest BCUT2D eigenvalue weighted by Crippen LogP contribution is -2.35. The number of rotatable bonds is 7. The predicted octanol–water partition coefficient (Wildman–Crippen LogP) is 2.90. The Kier molecular flexibility index (Phi) is 5.76. The summed E-state index contributed by atoms with van der Waals surface area (Å²) in [5, 5.41) is 2.58. The fraction of sp³-hybridized carbons (Fsp3) is 0.316. The minimum atomic E-state index is -4.46. The maximum Gasteiger partial charge on any atom is 0.416 e. The largest absolute Gasteiger partial charge is 0.416 e. The van der Waals surface area contributed by atoms with Gasteiger partial charge in [-0.1, -0.05) is 36.4 Å². The van der Waals surface area contributed by atoms with Gasteiger partial charge in [0.2, 0.25) is 15.9 Å². The Balaban J connectivity index is 1.50. The molecular weight excluding hydrogens is 393 g/mol. The third-order valence-corrected chi connectivity index (χ3v) is 6.04. The first kappa shape index (κ1) is 20.3. The van der Waals surface area contributed by atoms with Crippen molar-refractivity contribution < 1.29 is 26.4 Å². The summed E-state index contributed by atoms with van der Waals surface area (Å²) in [7, 11) is -3.66. The zero-order valence-corrected chi connectivity index (χ0v) is 15.6. The molecule has 0 aromatic heterocycles. The van der Waals surface area contributed by atoms with Gasteiger partial charge in [-0.25, -0.2) is 13.1 Å². The van der Waals surface area contributed by atoms with E-state index in [2.05, 4.69) is 10.0 Å². The number of carbonyl (C=O) groups is 1. The Morgan fingerprint density at radius 1 is 1.00 bits per heavy atom. The fourth-order valence-electron chi connectivity index (χ4n) is 3.09. The molecular formula is C19H19F3N2O3S. The van der Waals surface area contributed by atoms with Gasteiger partial charge in [0.05, 0.1) is 10.5 Å². The molecule has 2 N–H and O–H groups in total. The Hall–Kier alpha value is -2.39. The maximum absolute atomic E-state index is 13.1. The summed E-state index contributed by atoms with van der Waals surface area (Å²) >= 11 is 0. The van der Waals surface area contributed by atoms with Gasteiger partial charge in [-0.05, 0) is 36.1 Å². The lowest BCUT2D eigenvalue weighted by atomic mass is 10.0. The molecule has 0 heterocycles. The number of amides is 1. The number of carbonyl (C=O) groups excluding carboxylic acids is 1. The van der Waals surface area contributed by atoms with Crippen molar-refractivity contribution in [3.8, 4) is 0 Å². The van der Waals surface area contributed by atoms with E-state index in [9.17, 15) is 26.4 Å². The summed E-state index contributed by atoms with van der Waals surface area (Å²) in [6.45, 7) is 0.0362. The van der Waals surface area contributed by atoms with Gasteiger partial charge in [-0.15, -0.1) is 0 Å². The van der Waals surface area contributed by atoms with Gasteiger partial charge in [0.1, 0.15) is 0 Å². The molecule has 2 unspecified atom stereocenters. The summed E-state index contributed by atoms with van der Waals surface area (Å²) in [6.07, 6.45) is -4.12. The highest BCUT2D eigenvalue weighted by molar-refractivity contribution is 7.89. The molecule has 1 amide bonds. The molecule has 3 rings (SSSR count). The van der Waals surface area contributed by atoms with Crippen LogP contribution in [0.5, 0.6) is 0 Å². The Morgan fingerprint density at radius 2 is 1.64 bits per heavy atom. The summed E-state index contributed by atoms with van der Waals surface area (Å²) in [4.78, 5) is 12.3. The Bertz CT molecular complexity index is 946. The average Bonchev–Trinajstić information content (AvgIpc) is 3.46. The topological polar surface area (TPSA) is 75.3 Å². The first-order valence-corrected chi connectivity index (χ1v) is 10.2. The molecule has 1 aliphatic carbocycles. The van der Waals surface area contributed by atoms with E-state index in [1.807, 2.05) is 0 Å². The van der Waals surface area contributed by atoms with Crippen LogP contribution < -0.4 is 10.0 Å². The standard InChI is InChI=1S/C19H19F3N2O3S/c20-19(21,22)17-9-5-4-8-14(17)15-12-16(15)18(25)23-10-11-24-28(26,27)13-6-2-1-3-7-13/h1-9,15-16,24H,10-12H2,(H,23,25). The number of alkyl halides is 3. The minimum Gasteiger partial charge on any atom is -0.355 e. The molecule has 0 saturated heterocycles. The first-order chi connectivity index (χ1) is 13.2. The number of sulfonamides is 1. The molecule has 2 atom stereocenters. The van der Waals surface area contributed by atoms with Crippen molar-refractivity contribution in [1.82, 2.24) is 10.0 Å². The highest BCUT2D eigenvalue weighted by Gasteiger charge is 2.47. The molecule has 150 valence electrons. The maximum atomic E-state index is 13.1. The average molecular weight is 412 g/mol. The van der Waals surface area contributed by atoms with E-state index in [1.165, 1.54) is 30.3 Å². The molecule has 1 saturated carbocycles. The summed E-state index contributed by atoms with van der Waals surface area (Å²) in [5.74, 6) is -1.38. The smallest absolute Gasteiger partial charge is 0.355 e. The fourth-order valence-corrected chi connectivity index (χ4v) is 4.15. The molecule has 0 bridgehead atoms. The Labute approximate surface area is 161 Å². The van der Waals surface area contributed by atoms with Crippen LogP contribution in [0.1, 0.15) is 23.5 Å². The van der Waals surface area contributed by atoms with Crippen LogP contribution >= 0.6 is 0 Å². The van der Waals surface area contributed by atoms with E-state index in [4.69, 9.17) is 0 Å². The lowest BCUT2D eigenvalue weighted by Gasteiger charge is -2.12. The second-order valence-electron chi connectivity index (χ2n) is 6.54. The quantitative estimate of drug-likeness (QED) is 0.687. The molecule has 0 spiro atoms. The van der Waals surface area contributed by atoms with Crippen LogP contribution in [0.25, 0.3) is 0 Å². The summed E-state index contributed by atoms with van der Waals surface area (Å²) < 4.78 is 65.8. The monoisotopic (exact) mass is 412 g/mol. The number of benzene rings is 2. The van der Waals surface area contributed by atoms with Gasteiger partial charge in [0.25, 0.3) is 0 Å². The molecule has 2 aromatic rings. The van der Waals surface area contributed by atoms with E-state index in [0.29, 0.717) is 6.42 Å². The second kappa shape index (κ2) is 7.92. The highest BCUT2D eigenvalue weighted by Crippen LogP contribution is 2.50. The zero-order chi connectivity index (χ0) is 20.4. The van der Waals surface area contributed by atoms with Crippen molar-refractivity contribution in [3.63, 3.8) is 0 Å². The van der Waals surface area contributed by atoms with Crippen LogP contribution in [0, 0.1) is 5.92 Å². The minimum absolute atomic E-state index is 0.0144. The van der Waals surface area contributed by atoms with Gasteiger partial charge in [0, 0.05) is 19.0 Å². The molecule has 1 fully saturated rings. The third kappa shape index (κ3) is 4.71. The number of nitrogens with one attached hydrogen (secondary N) is 2. The van der Waals surface area contributed by atoms with Crippen LogP contribution in [0.15, 0.2) is 59.5 Å². The lowest BCUT2D eigenvalue weighted by molar-refractivity contribution is -0.138. The molecule has 28 heavy (non-hydrogen) atoms. The van der Waals surface area contributed by atoms with Crippen molar-refractivity contribution in [2.24, 2.45) is 5.92 Å².